The van der Waals surface area contributed by atoms with Crippen molar-refractivity contribution in [3.63, 3.8) is 0 Å². The molecule has 0 radical (unpaired) electrons. The fraction of sp³-hybridized carbons (Fsp3) is 0.529. The average molecular weight is 379 g/mol. The van der Waals surface area contributed by atoms with Crippen LogP contribution in [-0.4, -0.2) is 40.3 Å². The summed E-state index contributed by atoms with van der Waals surface area (Å²) in [6, 6.07) is 9.35. The minimum Gasteiger partial charge on any atom is -0.350 e. The molecule has 1 amide bonds. The number of unbranched alkanes of at least 4 members (excludes halogenated alkanes) is 1. The lowest BCUT2D eigenvalue weighted by Gasteiger charge is -2.14. The molecule has 0 bridgehead atoms. The first-order valence-corrected chi connectivity index (χ1v) is 10.5. The van der Waals surface area contributed by atoms with Crippen LogP contribution < -0.4 is 5.32 Å². The molecule has 9 heteroatoms. The number of tetrazole rings is 1. The van der Waals surface area contributed by atoms with Gasteiger partial charge >= 0.3 is 0 Å². The number of nitrogens with one attached hydrogen (secondary N) is 1. The van der Waals surface area contributed by atoms with Crippen molar-refractivity contribution < 1.29 is 13.2 Å². The molecule has 8 nitrogen and oxygen atoms in total. The van der Waals surface area contributed by atoms with Crippen LogP contribution >= 0.6 is 0 Å². The largest absolute Gasteiger partial charge is 0.350 e. The molecule has 0 saturated heterocycles. The molecule has 2 aromatic rings. The van der Waals surface area contributed by atoms with E-state index in [9.17, 15) is 13.2 Å². The van der Waals surface area contributed by atoms with Gasteiger partial charge in [-0.1, -0.05) is 43.7 Å². The second kappa shape index (κ2) is 9.42. The average Bonchev–Trinajstić information content (AvgIpc) is 3.05. The molecular weight excluding hydrogens is 354 g/mol. The topological polar surface area (TPSA) is 107 Å². The molecule has 0 aliphatic carbocycles. The Labute approximate surface area is 153 Å². The number of hydrogen-bond acceptors (Lipinski definition) is 6. The van der Waals surface area contributed by atoms with Crippen LogP contribution in [0.5, 0.6) is 0 Å². The van der Waals surface area contributed by atoms with Gasteiger partial charge in [0.1, 0.15) is 5.75 Å². The van der Waals surface area contributed by atoms with Crippen molar-refractivity contribution in [2.75, 3.05) is 5.75 Å². The summed E-state index contributed by atoms with van der Waals surface area (Å²) in [6.07, 6.45) is 1.75. The van der Waals surface area contributed by atoms with Gasteiger partial charge in [0.05, 0.1) is 11.8 Å². The predicted octanol–water partition coefficient (Wildman–Crippen LogP) is 1.66. The van der Waals surface area contributed by atoms with Gasteiger partial charge in [0.15, 0.2) is 15.7 Å². The summed E-state index contributed by atoms with van der Waals surface area (Å²) < 4.78 is 26.1. The van der Waals surface area contributed by atoms with Gasteiger partial charge in [-0.3, -0.25) is 4.79 Å². The fourth-order valence-corrected chi connectivity index (χ4v) is 3.70. The van der Waals surface area contributed by atoms with Crippen molar-refractivity contribution in [3.05, 3.63) is 41.7 Å². The molecule has 0 spiro atoms. The SMILES string of the molecule is CCCCn1nnnc1CS(=O)(=O)CCC(=O)NC(C)c1ccccc1. The molecule has 0 fully saturated rings. The zero-order chi connectivity index (χ0) is 19.0. The number of carbonyl (C=O) groups is 1. The zero-order valence-corrected chi connectivity index (χ0v) is 15.9. The molecule has 26 heavy (non-hydrogen) atoms. The highest BCUT2D eigenvalue weighted by Crippen LogP contribution is 2.12. The van der Waals surface area contributed by atoms with E-state index in [0.29, 0.717) is 12.4 Å². The van der Waals surface area contributed by atoms with Gasteiger partial charge in [-0.05, 0) is 29.3 Å². The molecule has 0 aliphatic rings. The van der Waals surface area contributed by atoms with E-state index >= 15 is 0 Å². The van der Waals surface area contributed by atoms with Crippen molar-refractivity contribution in [1.82, 2.24) is 25.5 Å². The van der Waals surface area contributed by atoms with Crippen LogP contribution in [0.2, 0.25) is 0 Å². The van der Waals surface area contributed by atoms with Gasteiger partial charge in [0.2, 0.25) is 5.91 Å². The molecule has 1 atom stereocenters. The molecule has 1 heterocycles. The summed E-state index contributed by atoms with van der Waals surface area (Å²) in [5.41, 5.74) is 0.971. The number of sulfone groups is 1. The van der Waals surface area contributed by atoms with Crippen molar-refractivity contribution >= 4 is 15.7 Å². The van der Waals surface area contributed by atoms with Gasteiger partial charge in [-0.15, -0.1) is 5.10 Å². The Morgan fingerprint density at radius 3 is 2.69 bits per heavy atom. The maximum Gasteiger partial charge on any atom is 0.221 e. The van der Waals surface area contributed by atoms with Crippen LogP contribution in [0, 0.1) is 0 Å². The minimum atomic E-state index is -3.47. The quantitative estimate of drug-likeness (QED) is 0.673. The van der Waals surface area contributed by atoms with E-state index in [4.69, 9.17) is 0 Å². The maximum atomic E-state index is 12.3. The number of carbonyl (C=O) groups excluding carboxylic acids is 1. The highest BCUT2D eigenvalue weighted by molar-refractivity contribution is 7.90. The Kier molecular flexibility index (Phi) is 7.26. The number of hydrogen-bond donors (Lipinski definition) is 1. The molecule has 1 unspecified atom stereocenters. The van der Waals surface area contributed by atoms with Crippen LogP contribution in [-0.2, 0) is 26.9 Å². The van der Waals surface area contributed by atoms with Gasteiger partial charge < -0.3 is 5.32 Å². The van der Waals surface area contributed by atoms with Gasteiger partial charge in [0.25, 0.3) is 0 Å². The standard InChI is InChI=1S/C17H25N5O3S/c1-3-4-11-22-16(19-20-21-22)13-26(24,25)12-10-17(23)18-14(2)15-8-6-5-7-9-15/h5-9,14H,3-4,10-13H2,1-2H3,(H,18,23). The molecule has 2 rings (SSSR count). The monoisotopic (exact) mass is 379 g/mol. The van der Waals surface area contributed by atoms with Gasteiger partial charge in [-0.2, -0.15) is 0 Å². The van der Waals surface area contributed by atoms with E-state index in [0.717, 1.165) is 18.4 Å². The number of nitrogens with zero attached hydrogens (tertiary/aromatic N) is 4. The van der Waals surface area contributed by atoms with E-state index in [-0.39, 0.29) is 29.9 Å². The van der Waals surface area contributed by atoms with Crippen LogP contribution in [0.25, 0.3) is 0 Å². The third-order valence-corrected chi connectivity index (χ3v) is 5.52. The van der Waals surface area contributed by atoms with E-state index in [1.807, 2.05) is 44.2 Å². The van der Waals surface area contributed by atoms with E-state index in [1.165, 1.54) is 4.68 Å². The third kappa shape index (κ3) is 6.21. The molecular formula is C17H25N5O3S. The molecule has 0 aliphatic heterocycles. The summed E-state index contributed by atoms with van der Waals surface area (Å²) in [5, 5.41) is 14.0. The lowest BCUT2D eigenvalue weighted by molar-refractivity contribution is -0.121. The molecule has 1 aromatic carbocycles. The lowest BCUT2D eigenvalue weighted by Crippen LogP contribution is -2.28. The lowest BCUT2D eigenvalue weighted by atomic mass is 10.1. The minimum absolute atomic E-state index is 0.0873. The first kappa shape index (κ1) is 20.0. The molecule has 0 saturated carbocycles. The number of aryl methyl sites for hydroxylation is 1. The summed E-state index contributed by atoms with van der Waals surface area (Å²) in [5.74, 6) is -0.473. The summed E-state index contributed by atoms with van der Waals surface area (Å²) in [4.78, 5) is 12.1. The first-order valence-electron chi connectivity index (χ1n) is 8.71. The number of benzene rings is 1. The van der Waals surface area contributed by atoms with Crippen molar-refractivity contribution in [3.8, 4) is 0 Å². The maximum absolute atomic E-state index is 12.3. The Balaban J connectivity index is 1.85. The Morgan fingerprint density at radius 1 is 1.27 bits per heavy atom. The van der Waals surface area contributed by atoms with E-state index in [1.54, 1.807) is 0 Å². The Bertz CT molecular complexity index is 805. The van der Waals surface area contributed by atoms with Crippen molar-refractivity contribution in [1.29, 1.82) is 0 Å². The predicted molar refractivity (Wildman–Crippen MR) is 97.8 cm³/mol. The number of aromatic nitrogens is 4. The smallest absolute Gasteiger partial charge is 0.221 e. The highest BCUT2D eigenvalue weighted by atomic mass is 32.2. The Morgan fingerprint density at radius 2 is 2.00 bits per heavy atom. The van der Waals surface area contributed by atoms with Crippen molar-refractivity contribution in [2.45, 2.75) is 51.4 Å². The second-order valence-corrected chi connectivity index (χ2v) is 8.40. The first-order chi connectivity index (χ1) is 12.4. The van der Waals surface area contributed by atoms with Crippen LogP contribution in [0.1, 0.15) is 50.5 Å². The summed E-state index contributed by atoms with van der Waals surface area (Å²) in [6.45, 7) is 4.49. The molecule has 1 N–H and O–H groups in total. The van der Waals surface area contributed by atoms with Crippen LogP contribution in [0.3, 0.4) is 0 Å². The third-order valence-electron chi connectivity index (χ3n) is 4.00. The van der Waals surface area contributed by atoms with Crippen LogP contribution in [0.15, 0.2) is 30.3 Å². The van der Waals surface area contributed by atoms with Gasteiger partial charge in [-0.25, -0.2) is 13.1 Å². The zero-order valence-electron chi connectivity index (χ0n) is 15.1. The molecule has 142 valence electrons. The number of amides is 1. The van der Waals surface area contributed by atoms with Crippen LogP contribution in [0.4, 0.5) is 0 Å². The highest BCUT2D eigenvalue weighted by Gasteiger charge is 2.19. The van der Waals surface area contributed by atoms with E-state index < -0.39 is 9.84 Å². The Hall–Kier alpha value is -2.29. The molecule has 1 aromatic heterocycles. The summed E-state index contributed by atoms with van der Waals surface area (Å²) >= 11 is 0. The normalized spacial score (nSPS) is 12.7. The van der Waals surface area contributed by atoms with Crippen molar-refractivity contribution in [2.24, 2.45) is 0 Å². The summed E-state index contributed by atoms with van der Waals surface area (Å²) in [7, 11) is -3.47. The van der Waals surface area contributed by atoms with Gasteiger partial charge in [0, 0.05) is 13.0 Å². The fourth-order valence-electron chi connectivity index (χ4n) is 2.46. The van der Waals surface area contributed by atoms with E-state index in [2.05, 4.69) is 20.8 Å². The second-order valence-electron chi connectivity index (χ2n) is 6.21. The number of rotatable bonds is 10.